The van der Waals surface area contributed by atoms with E-state index in [0.717, 1.165) is 12.2 Å². The molecule has 0 radical (unpaired) electrons. The monoisotopic (exact) mass is 302 g/mol. The molecule has 0 aromatic heterocycles. The topological polar surface area (TPSA) is 27.7 Å². The second kappa shape index (κ2) is 7.79. The lowest BCUT2D eigenvalue weighted by molar-refractivity contribution is 0.111. The minimum atomic E-state index is -1.67. The van der Waals surface area contributed by atoms with Crippen LogP contribution in [0.15, 0.2) is 23.9 Å². The molecule has 0 saturated heterocycles. The van der Waals surface area contributed by atoms with Crippen LogP contribution < -0.4 is 0 Å². The first-order valence-corrected chi connectivity index (χ1v) is 13.8. The van der Waals surface area contributed by atoms with Gasteiger partial charge in [0.2, 0.25) is 16.6 Å². The van der Waals surface area contributed by atoms with Crippen molar-refractivity contribution in [3.8, 4) is 0 Å². The van der Waals surface area contributed by atoms with E-state index < -0.39 is 16.6 Å². The molecule has 0 bridgehead atoms. The molecule has 0 aliphatic rings. The predicted octanol–water partition coefficient (Wildman–Crippen LogP) is 4.86. The highest BCUT2D eigenvalue weighted by molar-refractivity contribution is 6.70. The minimum absolute atomic E-state index is 0.583. The Morgan fingerprint density at radius 2 is 1.42 bits per heavy atom. The van der Waals surface area contributed by atoms with Gasteiger partial charge in [-0.25, -0.2) is 0 Å². The van der Waals surface area contributed by atoms with Gasteiger partial charge in [0.25, 0.3) is 5.95 Å². The molecule has 19 heavy (non-hydrogen) atoms. The second-order valence-corrected chi connectivity index (χ2v) is 15.2. The summed E-state index contributed by atoms with van der Waals surface area (Å²) < 4.78 is 17.6. The van der Waals surface area contributed by atoms with Crippen LogP contribution in [0, 0.1) is 0 Å². The highest BCUT2D eigenvalue weighted by Crippen LogP contribution is 2.18. The largest absolute Gasteiger partial charge is 0.544 e. The van der Waals surface area contributed by atoms with Crippen molar-refractivity contribution in [2.24, 2.45) is 0 Å². The lowest BCUT2D eigenvalue weighted by Gasteiger charge is -2.24. The van der Waals surface area contributed by atoms with Gasteiger partial charge in [0.15, 0.2) is 0 Å². The van der Waals surface area contributed by atoms with Crippen molar-refractivity contribution >= 4 is 16.6 Å². The highest BCUT2D eigenvalue weighted by Gasteiger charge is 2.21. The van der Waals surface area contributed by atoms with Crippen molar-refractivity contribution in [3.63, 3.8) is 0 Å². The zero-order chi connectivity index (χ0) is 15.1. The number of hydrogen-bond donors (Lipinski definition) is 0. The molecule has 0 amide bonds. The first-order chi connectivity index (χ1) is 8.57. The maximum Gasteiger partial charge on any atom is 0.268 e. The molecule has 0 aromatic rings. The molecule has 0 aliphatic heterocycles. The molecule has 3 nitrogen and oxygen atoms in total. The molecular weight excluding hydrogens is 272 g/mol. The zero-order valence-electron chi connectivity index (χ0n) is 13.8. The van der Waals surface area contributed by atoms with Gasteiger partial charge in [-0.3, -0.25) is 0 Å². The van der Waals surface area contributed by atoms with Crippen LogP contribution in [-0.4, -0.2) is 23.2 Å². The summed E-state index contributed by atoms with van der Waals surface area (Å²) >= 11 is 0. The Kier molecular flexibility index (Phi) is 7.51. The Morgan fingerprint density at radius 3 is 1.79 bits per heavy atom. The lowest BCUT2D eigenvalue weighted by Crippen LogP contribution is -2.27. The second-order valence-electron chi connectivity index (χ2n) is 6.34. The van der Waals surface area contributed by atoms with Crippen LogP contribution in [0.3, 0.4) is 0 Å². The fraction of sp³-hybridized carbons (Fsp3) is 0.714. The molecule has 112 valence electrons. The molecule has 0 heterocycles. The molecule has 0 aliphatic carbocycles. The predicted molar refractivity (Wildman–Crippen MR) is 86.9 cm³/mol. The molecule has 0 rings (SSSR count). The van der Waals surface area contributed by atoms with Crippen LogP contribution in [0.5, 0.6) is 0 Å². The van der Waals surface area contributed by atoms with Gasteiger partial charge in [-0.15, -0.1) is 0 Å². The quantitative estimate of drug-likeness (QED) is 0.364. The lowest BCUT2D eigenvalue weighted by atomic mass is 10.3. The molecule has 0 saturated carbocycles. The minimum Gasteiger partial charge on any atom is -0.544 e. The van der Waals surface area contributed by atoms with Crippen LogP contribution in [0.1, 0.15) is 20.3 Å². The van der Waals surface area contributed by atoms with Crippen LogP contribution >= 0.6 is 0 Å². The van der Waals surface area contributed by atoms with E-state index in [4.69, 9.17) is 13.6 Å². The van der Waals surface area contributed by atoms with E-state index in [-0.39, 0.29) is 0 Å². The number of rotatable bonds is 8. The van der Waals surface area contributed by atoms with Gasteiger partial charge in [0.1, 0.15) is 5.76 Å². The van der Waals surface area contributed by atoms with Gasteiger partial charge < -0.3 is 13.6 Å². The first kappa shape index (κ1) is 18.3. The standard InChI is InChI=1S/C14H30O3Si2/c1-9-11-13(16-18(3,4)5)12-14(15-10-2)17-19(6,7)8/h11-12H,9-10H2,1-8H3/b13-11+,14-12-. The summed E-state index contributed by atoms with van der Waals surface area (Å²) in [6.45, 7) is 17.6. The Morgan fingerprint density at radius 1 is 0.895 bits per heavy atom. The van der Waals surface area contributed by atoms with Crippen LogP contribution in [-0.2, 0) is 13.6 Å². The SMILES string of the molecule is CC/C=C(\C=C(\OCC)O[Si](C)(C)C)O[Si](C)(C)C. The summed E-state index contributed by atoms with van der Waals surface area (Å²) in [5, 5.41) is 0. The summed E-state index contributed by atoms with van der Waals surface area (Å²) in [5.41, 5.74) is 0. The van der Waals surface area contributed by atoms with Crippen LogP contribution in [0.25, 0.3) is 0 Å². The number of ether oxygens (including phenoxy) is 1. The third-order valence-corrected chi connectivity index (χ3v) is 3.44. The Labute approximate surface area is 120 Å². The summed E-state index contributed by atoms with van der Waals surface area (Å²) in [7, 11) is -3.29. The van der Waals surface area contributed by atoms with E-state index in [1.54, 1.807) is 0 Å². The molecule has 0 fully saturated rings. The van der Waals surface area contributed by atoms with Crippen molar-refractivity contribution < 1.29 is 13.6 Å². The van der Waals surface area contributed by atoms with Gasteiger partial charge >= 0.3 is 0 Å². The molecule has 0 unspecified atom stereocenters. The average molecular weight is 303 g/mol. The molecule has 0 spiro atoms. The van der Waals surface area contributed by atoms with Gasteiger partial charge in [0, 0.05) is 0 Å². The van der Waals surface area contributed by atoms with E-state index in [2.05, 4.69) is 52.3 Å². The zero-order valence-corrected chi connectivity index (χ0v) is 15.8. The fourth-order valence-corrected chi connectivity index (χ4v) is 2.92. The number of allylic oxidation sites excluding steroid dienone is 2. The van der Waals surface area contributed by atoms with Crippen LogP contribution in [0.4, 0.5) is 0 Å². The Bertz CT molecular complexity index is 323. The normalized spacial score (nSPS) is 14.3. The van der Waals surface area contributed by atoms with Gasteiger partial charge in [-0.05, 0) is 58.7 Å². The maximum absolute atomic E-state index is 6.05. The van der Waals surface area contributed by atoms with Gasteiger partial charge in [-0.2, -0.15) is 0 Å². The number of hydrogen-bond acceptors (Lipinski definition) is 3. The average Bonchev–Trinajstić information content (AvgIpc) is 2.12. The van der Waals surface area contributed by atoms with Crippen molar-refractivity contribution in [1.82, 2.24) is 0 Å². The van der Waals surface area contributed by atoms with E-state index >= 15 is 0 Å². The summed E-state index contributed by atoms with van der Waals surface area (Å²) in [6, 6.07) is 0. The maximum atomic E-state index is 6.05. The van der Waals surface area contributed by atoms with Gasteiger partial charge in [0.05, 0.1) is 12.7 Å². The van der Waals surface area contributed by atoms with Crippen molar-refractivity contribution in [2.75, 3.05) is 6.61 Å². The Balaban J connectivity index is 5.07. The molecule has 5 heteroatoms. The fourth-order valence-electron chi connectivity index (χ4n) is 1.35. The third-order valence-electron chi connectivity index (χ3n) is 1.78. The Hall–Kier alpha value is -0.686. The van der Waals surface area contributed by atoms with E-state index in [9.17, 15) is 0 Å². The third kappa shape index (κ3) is 10.9. The van der Waals surface area contributed by atoms with Crippen LogP contribution in [0.2, 0.25) is 39.3 Å². The molecule has 0 atom stereocenters. The van der Waals surface area contributed by atoms with E-state index in [1.165, 1.54) is 0 Å². The first-order valence-electron chi connectivity index (χ1n) is 7.00. The molecular formula is C14H30O3Si2. The van der Waals surface area contributed by atoms with Crippen molar-refractivity contribution in [2.45, 2.75) is 59.6 Å². The summed E-state index contributed by atoms with van der Waals surface area (Å²) in [5.74, 6) is 1.45. The van der Waals surface area contributed by atoms with Crippen molar-refractivity contribution in [3.05, 3.63) is 23.9 Å². The highest BCUT2D eigenvalue weighted by atomic mass is 28.4. The smallest absolute Gasteiger partial charge is 0.268 e. The molecule has 0 aromatic carbocycles. The molecule has 0 N–H and O–H groups in total. The van der Waals surface area contributed by atoms with Crippen molar-refractivity contribution in [1.29, 1.82) is 0 Å². The van der Waals surface area contributed by atoms with E-state index in [0.29, 0.717) is 12.6 Å². The summed E-state index contributed by atoms with van der Waals surface area (Å²) in [4.78, 5) is 0. The van der Waals surface area contributed by atoms with Gasteiger partial charge in [-0.1, -0.05) is 6.92 Å². The summed E-state index contributed by atoms with van der Waals surface area (Å²) in [6.07, 6.45) is 4.90. The van der Waals surface area contributed by atoms with E-state index in [1.807, 2.05) is 13.0 Å².